The van der Waals surface area contributed by atoms with Gasteiger partial charge in [0.25, 0.3) is 0 Å². The second-order valence-corrected chi connectivity index (χ2v) is 5.03. The number of hydrogen-bond donors (Lipinski definition) is 2. The topological polar surface area (TPSA) is 75.4 Å². The van der Waals surface area contributed by atoms with Crippen molar-refractivity contribution in [1.82, 2.24) is 10.2 Å². The lowest BCUT2D eigenvalue weighted by Gasteiger charge is -2.17. The van der Waals surface area contributed by atoms with E-state index < -0.39 is 0 Å². The molecular formula is C15H24ClN3O2. The van der Waals surface area contributed by atoms with Gasteiger partial charge in [-0.1, -0.05) is 30.3 Å². The zero-order valence-corrected chi connectivity index (χ0v) is 13.4. The molecule has 5 nitrogen and oxygen atoms in total. The van der Waals surface area contributed by atoms with Gasteiger partial charge in [0, 0.05) is 26.1 Å². The predicted molar refractivity (Wildman–Crippen MR) is 86.1 cm³/mol. The average molecular weight is 314 g/mol. The van der Waals surface area contributed by atoms with E-state index in [1.54, 1.807) is 11.9 Å². The van der Waals surface area contributed by atoms with Gasteiger partial charge in [-0.15, -0.1) is 12.4 Å². The Bertz CT molecular complexity index is 438. The molecule has 0 aromatic heterocycles. The second-order valence-electron chi connectivity index (χ2n) is 5.03. The molecule has 0 bridgehead atoms. The largest absolute Gasteiger partial charge is 0.347 e. The summed E-state index contributed by atoms with van der Waals surface area (Å²) in [5, 5.41) is 2.62. The summed E-state index contributed by atoms with van der Waals surface area (Å²) in [5.41, 5.74) is 6.64. The molecule has 1 aromatic carbocycles. The maximum atomic E-state index is 11.9. The van der Waals surface area contributed by atoms with Crippen LogP contribution in [0, 0.1) is 0 Å². The Morgan fingerprint density at radius 1 is 1.29 bits per heavy atom. The number of benzene rings is 1. The first-order chi connectivity index (χ1) is 9.49. The van der Waals surface area contributed by atoms with Gasteiger partial charge in [0.15, 0.2) is 0 Å². The molecule has 0 radical (unpaired) electrons. The molecule has 0 heterocycles. The molecule has 0 aliphatic carbocycles. The van der Waals surface area contributed by atoms with Gasteiger partial charge >= 0.3 is 0 Å². The summed E-state index contributed by atoms with van der Waals surface area (Å²) in [5.74, 6) is -0.244. The van der Waals surface area contributed by atoms with Crippen molar-refractivity contribution in [3.63, 3.8) is 0 Å². The molecule has 0 saturated carbocycles. The summed E-state index contributed by atoms with van der Waals surface area (Å²) in [6.07, 6.45) is 0.979. The molecule has 0 aliphatic rings. The SMILES string of the molecule is CC(N)CCC(=O)NCC(=O)N(C)Cc1ccccc1.Cl. The highest BCUT2D eigenvalue weighted by molar-refractivity contribution is 5.85. The van der Waals surface area contributed by atoms with E-state index in [4.69, 9.17) is 5.73 Å². The Morgan fingerprint density at radius 3 is 2.48 bits per heavy atom. The van der Waals surface area contributed by atoms with E-state index in [0.29, 0.717) is 19.4 Å². The van der Waals surface area contributed by atoms with E-state index in [1.165, 1.54) is 0 Å². The van der Waals surface area contributed by atoms with Gasteiger partial charge in [0.05, 0.1) is 6.54 Å². The maximum Gasteiger partial charge on any atom is 0.242 e. The van der Waals surface area contributed by atoms with Crippen LogP contribution >= 0.6 is 12.4 Å². The molecule has 2 amide bonds. The first-order valence-corrected chi connectivity index (χ1v) is 6.79. The zero-order valence-electron chi connectivity index (χ0n) is 12.5. The summed E-state index contributed by atoms with van der Waals surface area (Å²) in [4.78, 5) is 25.0. The fraction of sp³-hybridized carbons (Fsp3) is 0.467. The Hall–Kier alpha value is -1.59. The standard InChI is InChI=1S/C15H23N3O2.ClH/c1-12(16)8-9-14(19)17-10-15(20)18(2)11-13-6-4-3-5-7-13;/h3-7,12H,8-11,16H2,1-2H3,(H,17,19);1H. The zero-order chi connectivity index (χ0) is 15.0. The minimum absolute atomic E-state index is 0. The summed E-state index contributed by atoms with van der Waals surface area (Å²) in [6, 6.07) is 9.73. The van der Waals surface area contributed by atoms with Crippen LogP contribution in [0.25, 0.3) is 0 Å². The van der Waals surface area contributed by atoms with Gasteiger partial charge in [0.2, 0.25) is 11.8 Å². The van der Waals surface area contributed by atoms with Crippen molar-refractivity contribution in [2.24, 2.45) is 5.73 Å². The number of carbonyl (C=O) groups excluding carboxylic acids is 2. The van der Waals surface area contributed by atoms with Crippen molar-refractivity contribution in [3.05, 3.63) is 35.9 Å². The molecule has 1 aromatic rings. The molecule has 0 spiro atoms. The van der Waals surface area contributed by atoms with Crippen molar-refractivity contribution in [3.8, 4) is 0 Å². The molecule has 21 heavy (non-hydrogen) atoms. The number of nitrogens with one attached hydrogen (secondary N) is 1. The van der Waals surface area contributed by atoms with E-state index in [-0.39, 0.29) is 36.8 Å². The number of amides is 2. The summed E-state index contributed by atoms with van der Waals surface area (Å²) in [7, 11) is 1.73. The highest BCUT2D eigenvalue weighted by atomic mass is 35.5. The number of halogens is 1. The number of nitrogens with two attached hydrogens (primary N) is 1. The van der Waals surface area contributed by atoms with Crippen LogP contribution in [0.3, 0.4) is 0 Å². The number of rotatable bonds is 7. The van der Waals surface area contributed by atoms with E-state index in [1.807, 2.05) is 37.3 Å². The van der Waals surface area contributed by atoms with E-state index in [9.17, 15) is 9.59 Å². The lowest BCUT2D eigenvalue weighted by molar-refractivity contribution is -0.132. The molecule has 0 aliphatic heterocycles. The Kier molecular flexibility index (Phi) is 9.41. The monoisotopic (exact) mass is 313 g/mol. The van der Waals surface area contributed by atoms with Crippen LogP contribution in [0.2, 0.25) is 0 Å². The van der Waals surface area contributed by atoms with Crippen LogP contribution in [0.1, 0.15) is 25.3 Å². The van der Waals surface area contributed by atoms with Crippen molar-refractivity contribution in [2.45, 2.75) is 32.4 Å². The first-order valence-electron chi connectivity index (χ1n) is 6.79. The maximum absolute atomic E-state index is 11.9. The number of likely N-dealkylation sites (N-methyl/N-ethyl adjacent to an activating group) is 1. The average Bonchev–Trinajstić information content (AvgIpc) is 2.43. The smallest absolute Gasteiger partial charge is 0.242 e. The van der Waals surface area contributed by atoms with Crippen LogP contribution in [0.4, 0.5) is 0 Å². The van der Waals surface area contributed by atoms with Crippen molar-refractivity contribution in [2.75, 3.05) is 13.6 Å². The molecule has 118 valence electrons. The highest BCUT2D eigenvalue weighted by Gasteiger charge is 2.11. The second kappa shape index (κ2) is 10.2. The third-order valence-electron chi connectivity index (χ3n) is 2.95. The highest BCUT2D eigenvalue weighted by Crippen LogP contribution is 2.02. The molecule has 3 N–H and O–H groups in total. The summed E-state index contributed by atoms with van der Waals surface area (Å²) >= 11 is 0. The molecule has 0 fully saturated rings. The van der Waals surface area contributed by atoms with Crippen LogP contribution < -0.4 is 11.1 Å². The lowest BCUT2D eigenvalue weighted by Crippen LogP contribution is -2.38. The third kappa shape index (κ3) is 8.32. The summed E-state index contributed by atoms with van der Waals surface area (Å²) in [6.45, 7) is 2.42. The van der Waals surface area contributed by atoms with E-state index in [0.717, 1.165) is 5.56 Å². The number of hydrogen-bond acceptors (Lipinski definition) is 3. The van der Waals surface area contributed by atoms with Crippen molar-refractivity contribution >= 4 is 24.2 Å². The quantitative estimate of drug-likeness (QED) is 0.797. The molecular weight excluding hydrogens is 290 g/mol. The molecule has 1 rings (SSSR count). The number of carbonyl (C=O) groups is 2. The van der Waals surface area contributed by atoms with Crippen LogP contribution in [0.15, 0.2) is 30.3 Å². The summed E-state index contributed by atoms with van der Waals surface area (Å²) < 4.78 is 0. The minimum atomic E-state index is -0.135. The van der Waals surface area contributed by atoms with Crippen LogP contribution in [-0.2, 0) is 16.1 Å². The van der Waals surface area contributed by atoms with Gasteiger partial charge in [-0.25, -0.2) is 0 Å². The van der Waals surface area contributed by atoms with Crippen molar-refractivity contribution in [1.29, 1.82) is 0 Å². The molecule has 0 saturated heterocycles. The van der Waals surface area contributed by atoms with Gasteiger partial charge in [0.1, 0.15) is 0 Å². The van der Waals surface area contributed by atoms with Gasteiger partial charge in [-0.2, -0.15) is 0 Å². The van der Waals surface area contributed by atoms with Crippen LogP contribution in [-0.4, -0.2) is 36.3 Å². The Balaban J connectivity index is 0.00000400. The van der Waals surface area contributed by atoms with E-state index in [2.05, 4.69) is 5.32 Å². The molecule has 6 heteroatoms. The predicted octanol–water partition coefficient (Wildman–Crippen LogP) is 1.31. The minimum Gasteiger partial charge on any atom is -0.347 e. The third-order valence-corrected chi connectivity index (χ3v) is 2.95. The number of nitrogens with zero attached hydrogens (tertiary/aromatic N) is 1. The van der Waals surface area contributed by atoms with Crippen molar-refractivity contribution < 1.29 is 9.59 Å². The first kappa shape index (κ1) is 19.4. The molecule has 1 unspecified atom stereocenters. The Labute approximate surface area is 132 Å². The Morgan fingerprint density at radius 2 is 1.90 bits per heavy atom. The molecule has 1 atom stereocenters. The fourth-order valence-electron chi connectivity index (χ4n) is 1.70. The normalized spacial score (nSPS) is 11.2. The fourth-order valence-corrected chi connectivity index (χ4v) is 1.70. The van der Waals surface area contributed by atoms with Gasteiger partial charge < -0.3 is 16.0 Å². The van der Waals surface area contributed by atoms with Gasteiger partial charge in [-0.05, 0) is 18.9 Å². The van der Waals surface area contributed by atoms with E-state index >= 15 is 0 Å². The van der Waals surface area contributed by atoms with Gasteiger partial charge in [-0.3, -0.25) is 9.59 Å². The van der Waals surface area contributed by atoms with Crippen LogP contribution in [0.5, 0.6) is 0 Å². The lowest BCUT2D eigenvalue weighted by atomic mass is 10.2.